The van der Waals surface area contributed by atoms with Gasteiger partial charge < -0.3 is 15.2 Å². The van der Waals surface area contributed by atoms with E-state index in [0.29, 0.717) is 36.3 Å². The van der Waals surface area contributed by atoms with Crippen molar-refractivity contribution in [3.8, 4) is 11.1 Å². The van der Waals surface area contributed by atoms with E-state index in [9.17, 15) is 18.0 Å². The molecule has 186 valence electrons. The van der Waals surface area contributed by atoms with E-state index in [-0.39, 0.29) is 18.3 Å². The van der Waals surface area contributed by atoms with Crippen molar-refractivity contribution in [2.24, 2.45) is 0 Å². The summed E-state index contributed by atoms with van der Waals surface area (Å²) in [6, 6.07) is 12.4. The first-order valence-corrected chi connectivity index (χ1v) is 11.8. The topological polar surface area (TPSA) is 89.9 Å². The van der Waals surface area contributed by atoms with E-state index in [1.165, 1.54) is 12.3 Å². The number of likely N-dealkylation sites (tertiary alicyclic amines) is 1. The average molecular weight is 495 g/mol. The van der Waals surface area contributed by atoms with E-state index < -0.39 is 17.8 Å². The number of nitrogens with two attached hydrogens (primary N) is 1. The SMILES string of the molecule is Nc1ncc(-c2cccc(C(F)(F)F)c2)c([C@@H]2CCCCN2C(=O)CCn2cnc3ccccc32)n1. The van der Waals surface area contributed by atoms with Gasteiger partial charge in [-0.3, -0.25) is 4.79 Å². The van der Waals surface area contributed by atoms with Gasteiger partial charge in [0.1, 0.15) is 0 Å². The third kappa shape index (κ3) is 4.75. The second-order valence-corrected chi connectivity index (χ2v) is 8.88. The number of aryl methyl sites for hydroxylation is 1. The summed E-state index contributed by atoms with van der Waals surface area (Å²) in [5, 5.41) is 0. The maximum Gasteiger partial charge on any atom is 0.416 e. The molecule has 1 amide bonds. The Balaban J connectivity index is 1.44. The summed E-state index contributed by atoms with van der Waals surface area (Å²) in [5.41, 5.74) is 8.21. The van der Waals surface area contributed by atoms with E-state index in [0.717, 1.165) is 36.0 Å². The number of hydrogen-bond acceptors (Lipinski definition) is 5. The summed E-state index contributed by atoms with van der Waals surface area (Å²) >= 11 is 0. The second kappa shape index (κ2) is 9.60. The molecule has 2 aromatic carbocycles. The first kappa shape index (κ1) is 23.8. The number of aromatic nitrogens is 4. The monoisotopic (exact) mass is 494 g/mol. The molecule has 0 unspecified atom stereocenters. The third-order valence-corrected chi connectivity index (χ3v) is 6.57. The van der Waals surface area contributed by atoms with Crippen LogP contribution in [0.5, 0.6) is 0 Å². The highest BCUT2D eigenvalue weighted by Gasteiger charge is 2.33. The Bertz CT molecular complexity index is 1400. The maximum absolute atomic E-state index is 13.4. The zero-order valence-corrected chi connectivity index (χ0v) is 19.4. The highest BCUT2D eigenvalue weighted by Crippen LogP contribution is 2.38. The van der Waals surface area contributed by atoms with E-state index in [1.807, 2.05) is 28.8 Å². The maximum atomic E-state index is 13.4. The Morgan fingerprint density at radius 3 is 2.75 bits per heavy atom. The molecule has 4 aromatic rings. The molecule has 2 aromatic heterocycles. The number of alkyl halides is 3. The number of benzene rings is 2. The van der Waals surface area contributed by atoms with Crippen LogP contribution in [0.1, 0.15) is 43.0 Å². The fraction of sp³-hybridized carbons (Fsp3) is 0.308. The molecule has 5 rings (SSSR count). The lowest BCUT2D eigenvalue weighted by Crippen LogP contribution is -2.39. The van der Waals surface area contributed by atoms with Gasteiger partial charge in [0, 0.05) is 31.3 Å². The number of nitrogen functional groups attached to an aromatic ring is 1. The number of carbonyl (C=O) groups is 1. The highest BCUT2D eigenvalue weighted by atomic mass is 19.4. The van der Waals surface area contributed by atoms with Crippen LogP contribution in [0.2, 0.25) is 0 Å². The van der Waals surface area contributed by atoms with Crippen LogP contribution in [0, 0.1) is 0 Å². The molecule has 1 aliphatic heterocycles. The number of rotatable bonds is 5. The van der Waals surface area contributed by atoms with Crippen LogP contribution in [0.3, 0.4) is 0 Å². The van der Waals surface area contributed by atoms with E-state index in [4.69, 9.17) is 5.73 Å². The van der Waals surface area contributed by atoms with E-state index in [2.05, 4.69) is 15.0 Å². The fourth-order valence-corrected chi connectivity index (χ4v) is 4.81. The summed E-state index contributed by atoms with van der Waals surface area (Å²) in [6.45, 7) is 1.01. The number of hydrogen-bond donors (Lipinski definition) is 1. The van der Waals surface area contributed by atoms with Crippen molar-refractivity contribution in [1.82, 2.24) is 24.4 Å². The first-order chi connectivity index (χ1) is 17.3. The Morgan fingerprint density at radius 2 is 1.92 bits per heavy atom. The van der Waals surface area contributed by atoms with Gasteiger partial charge in [-0.05, 0) is 49.1 Å². The van der Waals surface area contributed by atoms with Gasteiger partial charge in [0.25, 0.3) is 0 Å². The fourth-order valence-electron chi connectivity index (χ4n) is 4.81. The molecule has 0 aliphatic carbocycles. The Kier molecular flexibility index (Phi) is 6.34. The minimum absolute atomic E-state index is 0.0172. The van der Waals surface area contributed by atoms with E-state index in [1.54, 1.807) is 17.3 Å². The van der Waals surface area contributed by atoms with Crippen molar-refractivity contribution >= 4 is 22.9 Å². The molecule has 1 aliphatic rings. The van der Waals surface area contributed by atoms with Gasteiger partial charge in [-0.1, -0.05) is 24.3 Å². The summed E-state index contributed by atoms with van der Waals surface area (Å²) in [7, 11) is 0. The average Bonchev–Trinajstić information content (AvgIpc) is 3.30. The van der Waals surface area contributed by atoms with Gasteiger partial charge in [0.05, 0.1) is 34.7 Å². The van der Waals surface area contributed by atoms with Gasteiger partial charge in [-0.15, -0.1) is 0 Å². The number of carbonyl (C=O) groups excluding carboxylic acids is 1. The molecule has 3 heterocycles. The summed E-state index contributed by atoms with van der Waals surface area (Å²) in [6.07, 6.45) is 1.31. The molecule has 0 spiro atoms. The first-order valence-electron chi connectivity index (χ1n) is 11.8. The van der Waals surface area contributed by atoms with Crippen LogP contribution in [0.25, 0.3) is 22.2 Å². The number of amides is 1. The number of piperidine rings is 1. The molecule has 0 saturated carbocycles. The minimum Gasteiger partial charge on any atom is -0.368 e. The summed E-state index contributed by atoms with van der Waals surface area (Å²) in [5.74, 6) is -0.0340. The highest BCUT2D eigenvalue weighted by molar-refractivity contribution is 5.79. The largest absolute Gasteiger partial charge is 0.416 e. The number of fused-ring (bicyclic) bond motifs is 1. The number of nitrogens with zero attached hydrogens (tertiary/aromatic N) is 5. The van der Waals surface area contributed by atoms with Crippen molar-refractivity contribution < 1.29 is 18.0 Å². The molecule has 1 saturated heterocycles. The van der Waals surface area contributed by atoms with Gasteiger partial charge in [0.15, 0.2) is 0 Å². The van der Waals surface area contributed by atoms with Crippen molar-refractivity contribution in [3.05, 3.63) is 72.3 Å². The number of para-hydroxylation sites is 2. The van der Waals surface area contributed by atoms with E-state index >= 15 is 0 Å². The quantitative estimate of drug-likeness (QED) is 0.410. The molecule has 7 nitrogen and oxygen atoms in total. The molecule has 2 N–H and O–H groups in total. The molecule has 36 heavy (non-hydrogen) atoms. The molecule has 1 atom stereocenters. The van der Waals surface area contributed by atoms with Crippen molar-refractivity contribution in [2.45, 2.75) is 44.4 Å². The molecule has 0 bridgehead atoms. The summed E-state index contributed by atoms with van der Waals surface area (Å²) in [4.78, 5) is 28.0. The van der Waals surface area contributed by atoms with Crippen LogP contribution in [-0.2, 0) is 17.5 Å². The number of halogens is 3. The normalized spacial score (nSPS) is 16.4. The van der Waals surface area contributed by atoms with Gasteiger partial charge in [-0.25, -0.2) is 15.0 Å². The lowest BCUT2D eigenvalue weighted by atomic mass is 9.93. The predicted molar refractivity (Wildman–Crippen MR) is 130 cm³/mol. The standard InChI is InChI=1S/C26H25F3N6O/c27-26(28,29)18-7-5-6-17(14-18)19-15-31-25(30)33-24(19)22-10-3-4-12-35(22)23(36)11-13-34-16-32-20-8-1-2-9-21(20)34/h1-2,5-9,14-16,22H,3-4,10-13H2,(H2,30,31,33)/t22-/m0/s1. The smallest absolute Gasteiger partial charge is 0.368 e. The molecule has 1 fully saturated rings. The van der Waals surface area contributed by atoms with Gasteiger partial charge >= 0.3 is 6.18 Å². The predicted octanol–water partition coefficient (Wildman–Crippen LogP) is 5.24. The van der Waals surface area contributed by atoms with Gasteiger partial charge in [-0.2, -0.15) is 13.2 Å². The van der Waals surface area contributed by atoms with Crippen LogP contribution < -0.4 is 5.73 Å². The van der Waals surface area contributed by atoms with Crippen LogP contribution >= 0.6 is 0 Å². The Hall–Kier alpha value is -3.95. The lowest BCUT2D eigenvalue weighted by Gasteiger charge is -2.36. The third-order valence-electron chi connectivity index (χ3n) is 6.57. The number of imidazole rings is 1. The molecule has 10 heteroatoms. The van der Waals surface area contributed by atoms with Crippen molar-refractivity contribution in [3.63, 3.8) is 0 Å². The zero-order valence-electron chi connectivity index (χ0n) is 19.4. The Labute approximate surface area is 205 Å². The lowest BCUT2D eigenvalue weighted by molar-refractivity contribution is -0.137. The van der Waals surface area contributed by atoms with Crippen LogP contribution in [0.4, 0.5) is 19.1 Å². The van der Waals surface area contributed by atoms with Crippen LogP contribution in [-0.4, -0.2) is 36.9 Å². The molecular weight excluding hydrogens is 469 g/mol. The van der Waals surface area contributed by atoms with Crippen LogP contribution in [0.15, 0.2) is 61.1 Å². The molecular formula is C26H25F3N6O. The van der Waals surface area contributed by atoms with Crippen molar-refractivity contribution in [2.75, 3.05) is 12.3 Å². The number of anilines is 1. The second-order valence-electron chi connectivity index (χ2n) is 8.88. The minimum atomic E-state index is -4.48. The zero-order chi connectivity index (χ0) is 25.3. The van der Waals surface area contributed by atoms with Crippen molar-refractivity contribution in [1.29, 1.82) is 0 Å². The van der Waals surface area contributed by atoms with Gasteiger partial charge in [0.2, 0.25) is 11.9 Å². The summed E-state index contributed by atoms with van der Waals surface area (Å²) < 4.78 is 42.0. The Morgan fingerprint density at radius 1 is 1.08 bits per heavy atom. The molecule has 0 radical (unpaired) electrons.